The lowest BCUT2D eigenvalue weighted by molar-refractivity contribution is -0.295. The third-order valence-electron chi connectivity index (χ3n) is 5.96. The zero-order valence-corrected chi connectivity index (χ0v) is 12.9. The molecule has 1 saturated heterocycles. The van der Waals surface area contributed by atoms with Gasteiger partial charge in [-0.15, -0.1) is 0 Å². The highest BCUT2D eigenvalue weighted by Gasteiger charge is 2.63. The Hall–Kier alpha value is -0.310. The average Bonchev–Trinajstić information content (AvgIpc) is 2.78. The van der Waals surface area contributed by atoms with E-state index < -0.39 is 33.7 Å². The number of hydrogen-bond acceptors (Lipinski definition) is 4. The fraction of sp³-hybridized carbons (Fsp3) is 1.00. The van der Waals surface area contributed by atoms with Crippen molar-refractivity contribution in [2.75, 3.05) is 6.61 Å². The second-order valence-electron chi connectivity index (χ2n) is 7.39. The quantitative estimate of drug-likeness (QED) is 0.800. The standard InChI is InChI=1S/C14H20F2O5S/c15-13(16,22(17,18)19)6-12-7-20-14(21-12)10-2-8-1-9(4-10)5-11(14)3-8/h8-12H,1-7H2,(H,17,18,19). The molecule has 126 valence electrons. The average molecular weight is 338 g/mol. The second-order valence-corrected chi connectivity index (χ2v) is 8.94. The molecule has 5 fully saturated rings. The zero-order valence-electron chi connectivity index (χ0n) is 12.1. The fourth-order valence-corrected chi connectivity index (χ4v) is 5.69. The first-order valence-electron chi connectivity index (χ1n) is 7.86. The summed E-state index contributed by atoms with van der Waals surface area (Å²) in [7, 11) is -5.42. The van der Waals surface area contributed by atoms with Crippen LogP contribution in [-0.4, -0.2) is 36.7 Å². The monoisotopic (exact) mass is 338 g/mol. The molecule has 5 nitrogen and oxygen atoms in total. The molecule has 1 aliphatic heterocycles. The topological polar surface area (TPSA) is 72.8 Å². The van der Waals surface area contributed by atoms with Gasteiger partial charge in [-0.3, -0.25) is 4.55 Å². The minimum absolute atomic E-state index is 0.0343. The molecule has 8 heteroatoms. The number of ether oxygens (including phenoxy) is 2. The van der Waals surface area contributed by atoms with Crippen molar-refractivity contribution in [1.29, 1.82) is 0 Å². The van der Waals surface area contributed by atoms with Gasteiger partial charge in [-0.1, -0.05) is 0 Å². The van der Waals surface area contributed by atoms with Crippen molar-refractivity contribution in [3.8, 4) is 0 Å². The minimum Gasteiger partial charge on any atom is -0.347 e. The van der Waals surface area contributed by atoms with Crippen LogP contribution in [0.25, 0.3) is 0 Å². The van der Waals surface area contributed by atoms with Crippen LogP contribution in [0.5, 0.6) is 0 Å². The van der Waals surface area contributed by atoms with Crippen molar-refractivity contribution in [2.45, 2.75) is 55.7 Å². The van der Waals surface area contributed by atoms with E-state index in [-0.39, 0.29) is 18.4 Å². The smallest absolute Gasteiger partial charge is 0.347 e. The molecule has 0 aromatic heterocycles. The van der Waals surface area contributed by atoms with Gasteiger partial charge in [0.1, 0.15) is 0 Å². The third kappa shape index (κ3) is 2.14. The van der Waals surface area contributed by atoms with Crippen molar-refractivity contribution < 1.29 is 31.2 Å². The van der Waals surface area contributed by atoms with Gasteiger partial charge in [0.2, 0.25) is 0 Å². The van der Waals surface area contributed by atoms with Gasteiger partial charge < -0.3 is 9.47 Å². The summed E-state index contributed by atoms with van der Waals surface area (Å²) in [6.45, 7) is -0.0343. The van der Waals surface area contributed by atoms with E-state index in [1.54, 1.807) is 0 Å². The zero-order chi connectivity index (χ0) is 15.8. The van der Waals surface area contributed by atoms with Gasteiger partial charge in [0.05, 0.1) is 19.1 Å². The first-order valence-corrected chi connectivity index (χ1v) is 9.30. The van der Waals surface area contributed by atoms with E-state index >= 15 is 0 Å². The van der Waals surface area contributed by atoms with Crippen LogP contribution < -0.4 is 0 Å². The van der Waals surface area contributed by atoms with Crippen LogP contribution in [0.1, 0.15) is 38.5 Å². The van der Waals surface area contributed by atoms with Crippen molar-refractivity contribution in [3.63, 3.8) is 0 Å². The summed E-state index contributed by atoms with van der Waals surface area (Å²) in [5.74, 6) is 1.05. The van der Waals surface area contributed by atoms with E-state index in [2.05, 4.69) is 0 Å². The number of halogens is 2. The van der Waals surface area contributed by atoms with E-state index in [1.807, 2.05) is 0 Å². The summed E-state index contributed by atoms with van der Waals surface area (Å²) in [6.07, 6.45) is 3.24. The van der Waals surface area contributed by atoms with Gasteiger partial charge in [0, 0.05) is 11.8 Å². The first kappa shape index (κ1) is 15.2. The molecule has 5 aliphatic rings. The molecule has 4 saturated carbocycles. The molecule has 0 aromatic rings. The summed E-state index contributed by atoms with van der Waals surface area (Å²) < 4.78 is 68.9. The van der Waals surface area contributed by atoms with Crippen LogP contribution in [0.15, 0.2) is 0 Å². The molecule has 0 aromatic carbocycles. The molecule has 22 heavy (non-hydrogen) atoms. The predicted molar refractivity (Wildman–Crippen MR) is 71.7 cm³/mol. The Balaban J connectivity index is 1.51. The lowest BCUT2D eigenvalue weighted by Crippen LogP contribution is -2.58. The van der Waals surface area contributed by atoms with Gasteiger partial charge in [-0.25, -0.2) is 0 Å². The minimum atomic E-state index is -5.42. The van der Waals surface area contributed by atoms with Crippen LogP contribution in [0.4, 0.5) is 8.78 Å². The lowest BCUT2D eigenvalue weighted by atomic mass is 9.53. The van der Waals surface area contributed by atoms with Gasteiger partial charge >= 0.3 is 15.4 Å². The molecule has 0 amide bonds. The van der Waals surface area contributed by atoms with Crippen molar-refractivity contribution in [2.24, 2.45) is 23.7 Å². The van der Waals surface area contributed by atoms with E-state index in [0.717, 1.165) is 25.7 Å². The molecular formula is C14H20F2O5S. The molecule has 1 heterocycles. The highest BCUT2D eigenvalue weighted by molar-refractivity contribution is 7.86. The number of hydrogen-bond donors (Lipinski definition) is 1. The maximum atomic E-state index is 13.5. The van der Waals surface area contributed by atoms with Gasteiger partial charge in [0.25, 0.3) is 0 Å². The van der Waals surface area contributed by atoms with Crippen LogP contribution in [0.3, 0.4) is 0 Å². The first-order chi connectivity index (χ1) is 10.2. The fourth-order valence-electron chi connectivity index (χ4n) is 5.29. The summed E-state index contributed by atoms with van der Waals surface area (Å²) in [6, 6.07) is 0. The summed E-state index contributed by atoms with van der Waals surface area (Å²) >= 11 is 0. The molecule has 1 N–H and O–H groups in total. The SMILES string of the molecule is O=S(=O)(O)C(F)(F)CC1COC2(O1)C1CC3CC(C1)CC2C3. The Kier molecular flexibility index (Phi) is 3.20. The number of alkyl halides is 2. The van der Waals surface area contributed by atoms with Crippen molar-refractivity contribution in [1.82, 2.24) is 0 Å². The highest BCUT2D eigenvalue weighted by atomic mass is 32.2. The summed E-state index contributed by atoms with van der Waals surface area (Å²) in [4.78, 5) is 0. The normalized spacial score (nSPS) is 47.5. The molecule has 4 bridgehead atoms. The molecule has 1 atom stereocenters. The summed E-state index contributed by atoms with van der Waals surface area (Å²) in [5, 5.41) is -4.20. The van der Waals surface area contributed by atoms with Gasteiger partial charge in [0.15, 0.2) is 5.79 Å². The van der Waals surface area contributed by atoms with Crippen LogP contribution in [0.2, 0.25) is 0 Å². The predicted octanol–water partition coefficient (Wildman–Crippen LogP) is 2.42. The molecule has 1 unspecified atom stereocenters. The molecule has 1 spiro atoms. The van der Waals surface area contributed by atoms with Crippen LogP contribution in [0, 0.1) is 23.7 Å². The lowest BCUT2D eigenvalue weighted by Gasteiger charge is -2.58. The largest absolute Gasteiger partial charge is 0.372 e. The van der Waals surface area contributed by atoms with Crippen LogP contribution in [-0.2, 0) is 19.6 Å². The summed E-state index contributed by atoms with van der Waals surface area (Å²) in [5.41, 5.74) is 0. The maximum absolute atomic E-state index is 13.5. The van der Waals surface area contributed by atoms with E-state index in [9.17, 15) is 17.2 Å². The Bertz CT molecular complexity index is 548. The van der Waals surface area contributed by atoms with Crippen LogP contribution >= 0.6 is 0 Å². The Morgan fingerprint density at radius 3 is 2.14 bits per heavy atom. The highest BCUT2D eigenvalue weighted by Crippen LogP contribution is 2.61. The molecular weight excluding hydrogens is 318 g/mol. The molecule has 0 radical (unpaired) electrons. The van der Waals surface area contributed by atoms with E-state index in [1.165, 1.54) is 6.42 Å². The Labute approximate surface area is 128 Å². The molecule has 4 aliphatic carbocycles. The van der Waals surface area contributed by atoms with E-state index in [4.69, 9.17) is 14.0 Å². The Morgan fingerprint density at radius 1 is 1.09 bits per heavy atom. The van der Waals surface area contributed by atoms with Gasteiger partial charge in [-0.05, 0) is 43.9 Å². The van der Waals surface area contributed by atoms with E-state index in [0.29, 0.717) is 11.8 Å². The number of rotatable bonds is 3. The van der Waals surface area contributed by atoms with Gasteiger partial charge in [-0.2, -0.15) is 17.2 Å². The van der Waals surface area contributed by atoms with Crippen molar-refractivity contribution in [3.05, 3.63) is 0 Å². The Morgan fingerprint density at radius 2 is 1.64 bits per heavy atom. The van der Waals surface area contributed by atoms with Crippen molar-refractivity contribution >= 4 is 10.1 Å². The second kappa shape index (κ2) is 4.62. The maximum Gasteiger partial charge on any atom is 0.372 e. The third-order valence-corrected chi connectivity index (χ3v) is 6.89. The molecule has 5 rings (SSSR count).